The van der Waals surface area contributed by atoms with E-state index < -0.39 is 86.4 Å². The average molecular weight is 527 g/mol. The number of aliphatic carboxylic acids is 1. The molecule has 0 spiro atoms. The van der Waals surface area contributed by atoms with Gasteiger partial charge in [-0.05, 0) is 19.4 Å². The number of rotatable bonds is 14. The minimum absolute atomic E-state index is 0.0866. The number of amides is 1. The normalized spacial score (nSPS) is 37.0. The topological polar surface area (TPSA) is 240 Å². The van der Waals surface area contributed by atoms with E-state index in [0.717, 1.165) is 0 Å². The van der Waals surface area contributed by atoms with E-state index in [-0.39, 0.29) is 26.1 Å². The van der Waals surface area contributed by atoms with Gasteiger partial charge in [0.25, 0.3) is 0 Å². The molecule has 2 aliphatic rings. The summed E-state index contributed by atoms with van der Waals surface area (Å²) in [6.07, 6.45) is -11.8. The van der Waals surface area contributed by atoms with Crippen LogP contribution in [0, 0.1) is 0 Å². The average Bonchev–Trinajstić information content (AvgIpc) is 2.83. The lowest BCUT2D eigenvalue weighted by molar-refractivity contribution is -0.348. The van der Waals surface area contributed by atoms with E-state index >= 15 is 0 Å². The first kappa shape index (κ1) is 30.7. The third kappa shape index (κ3) is 8.26. The number of aliphatic hydroxyl groups is 5. The van der Waals surface area contributed by atoms with Crippen LogP contribution < -0.4 is 11.1 Å². The van der Waals surface area contributed by atoms with Crippen molar-refractivity contribution in [2.45, 2.75) is 87.5 Å². The molecule has 0 bridgehead atoms. The molecule has 2 aliphatic heterocycles. The number of hydrogen-bond donors (Lipinski definition) is 8. The van der Waals surface area contributed by atoms with Crippen LogP contribution in [0.4, 0.5) is 0 Å². The molecule has 0 aromatic rings. The van der Waals surface area contributed by atoms with Crippen molar-refractivity contribution in [3.63, 3.8) is 0 Å². The maximum atomic E-state index is 11.8. The number of aliphatic hydroxyl groups excluding tert-OH is 5. The van der Waals surface area contributed by atoms with Crippen molar-refractivity contribution >= 4 is 11.9 Å². The Morgan fingerprint density at radius 3 is 2.08 bits per heavy atom. The molecule has 10 unspecified atom stereocenters. The van der Waals surface area contributed by atoms with Crippen LogP contribution in [0.3, 0.4) is 0 Å². The maximum Gasteiger partial charge on any atom is 0.303 e. The lowest BCUT2D eigenvalue weighted by Gasteiger charge is -2.47. The lowest BCUT2D eigenvalue weighted by atomic mass is 9.95. The predicted molar refractivity (Wildman–Crippen MR) is 118 cm³/mol. The molecule has 15 nitrogen and oxygen atoms in total. The number of nitrogens with one attached hydrogen (secondary N) is 1. The summed E-state index contributed by atoms with van der Waals surface area (Å²) in [7, 11) is 0. The van der Waals surface area contributed by atoms with Crippen LogP contribution in [0.25, 0.3) is 0 Å². The molecule has 15 heteroatoms. The highest BCUT2D eigenvalue weighted by Gasteiger charge is 2.51. The van der Waals surface area contributed by atoms with Gasteiger partial charge in [-0.15, -0.1) is 0 Å². The standard InChI is InChI=1S/C21H38N2O13/c1-10(26)23-14-15(29)18(32-7-3-5-22)11(8-24)34-20(14)36-19-12(9-25)35-21(17(31)16(19)30)33-6-2-4-13(27)28/h11-12,14-21,24-25,29-31H,2-9,22H2,1H3,(H,23,26)(H,27,28). The number of carbonyl (C=O) groups excluding carboxylic acids is 1. The Morgan fingerprint density at radius 2 is 1.50 bits per heavy atom. The number of carboxylic acids is 1. The van der Waals surface area contributed by atoms with Gasteiger partial charge in [0, 0.05) is 20.0 Å². The minimum atomic E-state index is -1.66. The highest BCUT2D eigenvalue weighted by molar-refractivity contribution is 5.73. The fraction of sp³-hybridized carbons (Fsp3) is 0.905. The van der Waals surface area contributed by atoms with Gasteiger partial charge in [-0.25, -0.2) is 0 Å². The van der Waals surface area contributed by atoms with E-state index in [1.54, 1.807) is 0 Å². The zero-order chi connectivity index (χ0) is 26.8. The number of carboxylic acid groups (broad SMARTS) is 1. The molecule has 2 saturated heterocycles. The molecule has 1 amide bonds. The first-order chi connectivity index (χ1) is 17.1. The Morgan fingerprint density at radius 1 is 0.889 bits per heavy atom. The molecule has 2 heterocycles. The maximum absolute atomic E-state index is 11.8. The van der Waals surface area contributed by atoms with E-state index in [9.17, 15) is 35.1 Å². The molecular weight excluding hydrogens is 488 g/mol. The van der Waals surface area contributed by atoms with E-state index in [2.05, 4.69) is 5.32 Å². The number of ether oxygens (including phenoxy) is 5. The Balaban J connectivity index is 2.14. The summed E-state index contributed by atoms with van der Waals surface area (Å²) in [4.78, 5) is 22.4. The fourth-order valence-electron chi connectivity index (χ4n) is 4.02. The lowest BCUT2D eigenvalue weighted by Crippen LogP contribution is -2.68. The zero-order valence-corrected chi connectivity index (χ0v) is 20.0. The molecule has 0 saturated carbocycles. The van der Waals surface area contributed by atoms with Crippen LogP contribution in [0.15, 0.2) is 0 Å². The second-order valence-corrected chi connectivity index (χ2v) is 8.60. The van der Waals surface area contributed by atoms with Gasteiger partial charge in [0.05, 0.1) is 19.8 Å². The van der Waals surface area contributed by atoms with E-state index in [1.807, 2.05) is 0 Å². The summed E-state index contributed by atoms with van der Waals surface area (Å²) in [5.41, 5.74) is 5.46. The number of carbonyl (C=O) groups is 2. The third-order valence-electron chi connectivity index (χ3n) is 5.81. The molecule has 9 N–H and O–H groups in total. The summed E-state index contributed by atoms with van der Waals surface area (Å²) in [5, 5.41) is 62.9. The number of hydrogen-bond acceptors (Lipinski definition) is 13. The first-order valence-electron chi connectivity index (χ1n) is 11.8. The van der Waals surface area contributed by atoms with Gasteiger partial charge < -0.3 is 65.4 Å². The van der Waals surface area contributed by atoms with Crippen molar-refractivity contribution in [3.05, 3.63) is 0 Å². The molecule has 0 aromatic carbocycles. The third-order valence-corrected chi connectivity index (χ3v) is 5.81. The SMILES string of the molecule is CC(=O)NC1C(OC2C(CO)OC(OCCCC(=O)O)C(O)C2O)OC(CO)C(OCCCN)C1O. The quantitative estimate of drug-likeness (QED) is 0.101. The summed E-state index contributed by atoms with van der Waals surface area (Å²) in [6.45, 7) is 0.381. The predicted octanol–water partition coefficient (Wildman–Crippen LogP) is -3.99. The summed E-state index contributed by atoms with van der Waals surface area (Å²) in [5.74, 6) is -1.56. The Labute approximate surface area is 208 Å². The van der Waals surface area contributed by atoms with E-state index in [1.165, 1.54) is 6.92 Å². The molecule has 2 rings (SSSR count). The van der Waals surface area contributed by atoms with Gasteiger partial charge in [0.15, 0.2) is 12.6 Å². The van der Waals surface area contributed by atoms with Crippen LogP contribution in [0.2, 0.25) is 0 Å². The van der Waals surface area contributed by atoms with Crippen molar-refractivity contribution < 1.29 is 63.9 Å². The molecule has 210 valence electrons. The molecule has 0 aromatic heterocycles. The van der Waals surface area contributed by atoms with Gasteiger partial charge in [0.2, 0.25) is 5.91 Å². The van der Waals surface area contributed by atoms with Crippen LogP contribution in [-0.4, -0.2) is 137 Å². The molecule has 2 fully saturated rings. The fourth-order valence-corrected chi connectivity index (χ4v) is 4.02. The highest BCUT2D eigenvalue weighted by atomic mass is 16.7. The van der Waals surface area contributed by atoms with Crippen molar-refractivity contribution in [3.8, 4) is 0 Å². The van der Waals surface area contributed by atoms with Gasteiger partial charge >= 0.3 is 5.97 Å². The first-order valence-corrected chi connectivity index (χ1v) is 11.8. The van der Waals surface area contributed by atoms with Crippen LogP contribution in [-0.2, 0) is 33.3 Å². The van der Waals surface area contributed by atoms with Crippen LogP contribution in [0.1, 0.15) is 26.2 Å². The summed E-state index contributed by atoms with van der Waals surface area (Å²) >= 11 is 0. The minimum Gasteiger partial charge on any atom is -0.481 e. The zero-order valence-electron chi connectivity index (χ0n) is 20.0. The molecular formula is C21H38N2O13. The molecule has 0 aliphatic carbocycles. The van der Waals surface area contributed by atoms with Gasteiger partial charge in [-0.1, -0.05) is 0 Å². The molecule has 36 heavy (non-hydrogen) atoms. The molecule has 10 atom stereocenters. The van der Waals surface area contributed by atoms with E-state index in [0.29, 0.717) is 13.0 Å². The van der Waals surface area contributed by atoms with Crippen molar-refractivity contribution in [1.29, 1.82) is 0 Å². The second-order valence-electron chi connectivity index (χ2n) is 8.60. The van der Waals surface area contributed by atoms with Gasteiger partial charge in [-0.2, -0.15) is 0 Å². The molecule has 0 radical (unpaired) electrons. The smallest absolute Gasteiger partial charge is 0.303 e. The number of nitrogens with two attached hydrogens (primary N) is 1. The van der Waals surface area contributed by atoms with Gasteiger partial charge in [-0.3, -0.25) is 9.59 Å². The van der Waals surface area contributed by atoms with Gasteiger partial charge in [0.1, 0.15) is 48.8 Å². The Bertz CT molecular complexity index is 684. The largest absolute Gasteiger partial charge is 0.481 e. The van der Waals surface area contributed by atoms with Crippen molar-refractivity contribution in [2.24, 2.45) is 5.73 Å². The monoisotopic (exact) mass is 526 g/mol. The Kier molecular flexibility index (Phi) is 12.8. The van der Waals surface area contributed by atoms with Crippen molar-refractivity contribution in [2.75, 3.05) is 33.0 Å². The van der Waals surface area contributed by atoms with Crippen LogP contribution >= 0.6 is 0 Å². The Hall–Kier alpha value is -1.50. The second kappa shape index (κ2) is 15.0. The van der Waals surface area contributed by atoms with Crippen LogP contribution in [0.5, 0.6) is 0 Å². The van der Waals surface area contributed by atoms with Crippen molar-refractivity contribution in [1.82, 2.24) is 5.32 Å². The summed E-state index contributed by atoms with van der Waals surface area (Å²) < 4.78 is 28.0. The summed E-state index contributed by atoms with van der Waals surface area (Å²) in [6, 6.07) is -1.21. The highest BCUT2D eigenvalue weighted by Crippen LogP contribution is 2.30. The van der Waals surface area contributed by atoms with E-state index in [4.69, 9.17) is 34.5 Å².